The van der Waals surface area contributed by atoms with E-state index in [2.05, 4.69) is 18.1 Å². The highest BCUT2D eigenvalue weighted by atomic mass is 31.3. The molecule has 1 saturated heterocycles. The van der Waals surface area contributed by atoms with Gasteiger partial charge < -0.3 is 25.6 Å². The van der Waals surface area contributed by atoms with Gasteiger partial charge >= 0.3 is 30.0 Å². The van der Waals surface area contributed by atoms with Crippen LogP contribution in [0.2, 0.25) is 0 Å². The molecule has 1 fully saturated rings. The fourth-order valence-corrected chi connectivity index (χ4v) is 4.25. The van der Waals surface area contributed by atoms with Crippen LogP contribution in [-0.2, 0) is 31.6 Å². The average molecular weight is 448 g/mol. The zero-order valence-electron chi connectivity index (χ0n) is 13.0. The van der Waals surface area contributed by atoms with Crippen molar-refractivity contribution in [1.82, 2.24) is 9.55 Å². The van der Waals surface area contributed by atoms with Crippen LogP contribution in [0, 0.1) is 0 Å². The van der Waals surface area contributed by atoms with E-state index in [0.717, 1.165) is 4.57 Å². The lowest BCUT2D eigenvalue weighted by atomic mass is 10.1. The fourth-order valence-electron chi connectivity index (χ4n) is 2.06. The number of aliphatic hydroxyl groups is 2. The van der Waals surface area contributed by atoms with Gasteiger partial charge in [-0.25, -0.2) is 9.36 Å². The van der Waals surface area contributed by atoms with Gasteiger partial charge in [0.1, 0.15) is 30.7 Å². The lowest BCUT2D eigenvalue weighted by Gasteiger charge is -2.16. The van der Waals surface area contributed by atoms with E-state index >= 15 is 0 Å². The number of nitrogens with two attached hydrogens (primary N) is 1. The summed E-state index contributed by atoms with van der Waals surface area (Å²) in [6, 6.07) is 1.25. The molecule has 0 aliphatic carbocycles. The summed E-state index contributed by atoms with van der Waals surface area (Å²) < 4.78 is 50.9. The molecule has 5 N–H and O–H groups in total. The van der Waals surface area contributed by atoms with Crippen LogP contribution in [0.3, 0.4) is 0 Å². The normalized spacial score (nSPS) is 28.6. The first-order chi connectivity index (χ1) is 12.5. The number of hydrogen-bond acceptors (Lipinski definition) is 13. The van der Waals surface area contributed by atoms with E-state index in [-0.39, 0.29) is 5.82 Å². The SMILES string of the molecule is Nc1ccn([C@@H]2O[C@H](CO[P+](=O)OP(=O)(O)O[P+](=O)[O-])[C@@H](O)[C@H]2O)c(=O)n1. The van der Waals surface area contributed by atoms with Crippen LogP contribution in [-0.4, -0.2) is 49.6 Å². The van der Waals surface area contributed by atoms with Crippen molar-refractivity contribution < 1.29 is 51.6 Å². The van der Waals surface area contributed by atoms with Crippen molar-refractivity contribution in [2.45, 2.75) is 24.5 Å². The van der Waals surface area contributed by atoms with Crippen molar-refractivity contribution >= 4 is 30.2 Å². The van der Waals surface area contributed by atoms with Gasteiger partial charge in [-0.15, -0.1) is 4.52 Å². The molecule has 0 spiro atoms. The predicted molar refractivity (Wildman–Crippen MR) is 82.0 cm³/mol. The molecule has 0 saturated carbocycles. The monoisotopic (exact) mass is 448 g/mol. The molecular weight excluding hydrogens is 435 g/mol. The predicted octanol–water partition coefficient (Wildman–Crippen LogP) is -1.73. The van der Waals surface area contributed by atoms with Crippen molar-refractivity contribution in [2.24, 2.45) is 0 Å². The number of rotatable bonds is 8. The lowest BCUT2D eigenvalue weighted by Crippen LogP contribution is -2.36. The maximum absolute atomic E-state index is 11.8. The summed E-state index contributed by atoms with van der Waals surface area (Å²) in [5.74, 6) is -0.0752. The van der Waals surface area contributed by atoms with Crippen molar-refractivity contribution in [2.75, 3.05) is 12.3 Å². The summed E-state index contributed by atoms with van der Waals surface area (Å²) in [6.45, 7) is -0.718. The van der Waals surface area contributed by atoms with Crippen molar-refractivity contribution in [3.63, 3.8) is 0 Å². The van der Waals surface area contributed by atoms with E-state index in [0.29, 0.717) is 0 Å². The fraction of sp³-hybridized carbons (Fsp3) is 0.556. The Morgan fingerprint density at radius 1 is 1.37 bits per heavy atom. The first-order valence-electron chi connectivity index (χ1n) is 6.83. The van der Waals surface area contributed by atoms with Crippen molar-refractivity contribution in [3.8, 4) is 0 Å². The lowest BCUT2D eigenvalue weighted by molar-refractivity contribution is -0.179. The molecule has 18 heteroatoms. The molecule has 0 aromatic carbocycles. The Bertz CT molecular complexity index is 832. The second-order valence-electron chi connectivity index (χ2n) is 4.96. The number of hydrogen-bond donors (Lipinski definition) is 4. The molecule has 15 nitrogen and oxygen atoms in total. The Labute approximate surface area is 151 Å². The quantitative estimate of drug-likeness (QED) is 0.324. The highest BCUT2D eigenvalue weighted by molar-refractivity contribution is 7.60. The van der Waals surface area contributed by atoms with Crippen LogP contribution in [0.1, 0.15) is 6.23 Å². The maximum Gasteiger partial charge on any atom is 0.708 e. The molecule has 0 bridgehead atoms. The summed E-state index contributed by atoms with van der Waals surface area (Å²) in [7, 11) is -12.3. The molecule has 2 rings (SSSR count). The minimum Gasteiger partial charge on any atom is -0.566 e. The van der Waals surface area contributed by atoms with E-state index < -0.39 is 61.2 Å². The van der Waals surface area contributed by atoms with E-state index in [1.54, 1.807) is 0 Å². The number of ether oxygens (including phenoxy) is 1. The highest BCUT2D eigenvalue weighted by Crippen LogP contribution is 2.56. The van der Waals surface area contributed by atoms with Gasteiger partial charge in [0.05, 0.1) is 0 Å². The summed E-state index contributed by atoms with van der Waals surface area (Å²) in [5, 5.41) is 19.9. The highest BCUT2D eigenvalue weighted by Gasteiger charge is 2.47. The van der Waals surface area contributed by atoms with Gasteiger partial charge in [-0.3, -0.25) is 9.46 Å². The summed E-state index contributed by atoms with van der Waals surface area (Å²) in [4.78, 5) is 34.4. The van der Waals surface area contributed by atoms with Crippen LogP contribution in [0.15, 0.2) is 17.1 Å². The van der Waals surface area contributed by atoms with Gasteiger partial charge in [-0.2, -0.15) is 4.98 Å². The third-order valence-electron chi connectivity index (χ3n) is 3.15. The van der Waals surface area contributed by atoms with E-state index in [9.17, 15) is 33.6 Å². The summed E-state index contributed by atoms with van der Waals surface area (Å²) in [5.41, 5.74) is 4.47. The number of phosphoric acid groups is 1. The molecule has 1 aromatic rings. The van der Waals surface area contributed by atoms with Gasteiger partial charge in [0.2, 0.25) is 0 Å². The third kappa shape index (κ3) is 5.88. The molecule has 3 unspecified atom stereocenters. The standard InChI is InChI=1S/C9H12N3O12P3/c10-5-1-2-12(9(15)11-5)8-7(14)6(13)4(22-8)3-21-26(18)24-27(19,20)23-25(16)17/h1-2,4,6-8,13-14H,3H2,(H2-,10,11,15,19,20)/p+1/t4-,6-,7-,8-/m1/s1. The van der Waals surface area contributed by atoms with Crippen LogP contribution in [0.5, 0.6) is 0 Å². The van der Waals surface area contributed by atoms with Crippen LogP contribution in [0.25, 0.3) is 0 Å². The number of nitrogen functional groups attached to an aromatic ring is 1. The second kappa shape index (κ2) is 8.86. The Hall–Kier alpha value is -1.21. The first-order valence-corrected chi connectivity index (χ1v) is 10.5. The average Bonchev–Trinajstić information content (AvgIpc) is 2.79. The molecule has 0 amide bonds. The zero-order valence-corrected chi connectivity index (χ0v) is 15.7. The summed E-state index contributed by atoms with van der Waals surface area (Å²) >= 11 is 0. The molecule has 1 aromatic heterocycles. The molecule has 150 valence electrons. The zero-order chi connectivity index (χ0) is 20.4. The summed E-state index contributed by atoms with van der Waals surface area (Å²) in [6.07, 6.45) is -4.73. The number of nitrogens with zero attached hydrogens (tertiary/aromatic N) is 2. The van der Waals surface area contributed by atoms with E-state index in [1.807, 2.05) is 0 Å². The largest absolute Gasteiger partial charge is 0.708 e. The van der Waals surface area contributed by atoms with Crippen LogP contribution in [0.4, 0.5) is 5.82 Å². The minimum absolute atomic E-state index is 0.0752. The number of anilines is 1. The van der Waals surface area contributed by atoms with Gasteiger partial charge in [-0.1, -0.05) is 0 Å². The van der Waals surface area contributed by atoms with E-state index in [1.165, 1.54) is 12.3 Å². The Balaban J connectivity index is 1.98. The Morgan fingerprint density at radius 2 is 2.04 bits per heavy atom. The Kier molecular flexibility index (Phi) is 7.25. The first kappa shape index (κ1) is 22.1. The molecular formula is C9H13N3O12P3+. The molecule has 1 aliphatic heterocycles. The maximum atomic E-state index is 11.8. The molecule has 1 aliphatic rings. The molecule has 2 heterocycles. The topological polar surface area (TPSA) is 233 Å². The van der Waals surface area contributed by atoms with Crippen LogP contribution < -0.4 is 16.3 Å². The van der Waals surface area contributed by atoms with Gasteiger partial charge in [0.15, 0.2) is 6.23 Å². The van der Waals surface area contributed by atoms with Crippen LogP contribution >= 0.6 is 24.3 Å². The smallest absolute Gasteiger partial charge is 0.566 e. The second-order valence-corrected chi connectivity index (χ2v) is 8.36. The molecule has 7 atom stereocenters. The van der Waals surface area contributed by atoms with Gasteiger partial charge in [0, 0.05) is 15.1 Å². The van der Waals surface area contributed by atoms with Gasteiger partial charge in [0.25, 0.3) is 0 Å². The van der Waals surface area contributed by atoms with Crippen molar-refractivity contribution in [3.05, 3.63) is 22.7 Å². The number of aromatic nitrogens is 2. The van der Waals surface area contributed by atoms with Gasteiger partial charge in [-0.05, 0) is 14.9 Å². The van der Waals surface area contributed by atoms with Crippen molar-refractivity contribution in [1.29, 1.82) is 0 Å². The third-order valence-corrected chi connectivity index (χ3v) is 6.22. The molecule has 0 radical (unpaired) electrons. The number of aliphatic hydroxyl groups excluding tert-OH is 2. The minimum atomic E-state index is -5.19. The molecule has 27 heavy (non-hydrogen) atoms. The Morgan fingerprint density at radius 3 is 2.63 bits per heavy atom. The van der Waals surface area contributed by atoms with E-state index in [4.69, 9.17) is 15.4 Å².